The van der Waals surface area contributed by atoms with Crippen LogP contribution in [0.3, 0.4) is 0 Å². The quantitative estimate of drug-likeness (QED) is 0.673. The molecule has 2 heterocycles. The van der Waals surface area contributed by atoms with Gasteiger partial charge in [0.2, 0.25) is 0 Å². The van der Waals surface area contributed by atoms with Gasteiger partial charge in [0.1, 0.15) is 17.5 Å². The van der Waals surface area contributed by atoms with Gasteiger partial charge >= 0.3 is 5.69 Å². The number of halogens is 2. The second-order valence-electron chi connectivity index (χ2n) is 7.36. The molecule has 1 aliphatic heterocycles. The van der Waals surface area contributed by atoms with Gasteiger partial charge in [-0.05, 0) is 6.07 Å². The molecule has 0 saturated heterocycles. The van der Waals surface area contributed by atoms with Crippen LogP contribution < -0.4 is 16.6 Å². The number of fused-ring (bicyclic) bond motifs is 3. The van der Waals surface area contributed by atoms with E-state index in [9.17, 15) is 23.2 Å². The SMILES string of the molecule is Cn1c2c(c(=O)n(C)c1=O)C(c1ccc(F)cc1F)C1=C(N2)c2ccccc2C1=O. The van der Waals surface area contributed by atoms with Gasteiger partial charge in [0.25, 0.3) is 5.56 Å². The van der Waals surface area contributed by atoms with Crippen LogP contribution in [0.15, 0.2) is 57.6 Å². The van der Waals surface area contributed by atoms with Crippen LogP contribution in [0.1, 0.15) is 33.0 Å². The number of anilines is 1. The van der Waals surface area contributed by atoms with E-state index < -0.39 is 28.8 Å². The molecule has 2 aliphatic rings. The average Bonchev–Trinajstić information content (AvgIpc) is 3.02. The number of hydrogen-bond acceptors (Lipinski definition) is 4. The first kappa shape index (κ1) is 18.2. The van der Waals surface area contributed by atoms with Gasteiger partial charge in [0.15, 0.2) is 5.78 Å². The van der Waals surface area contributed by atoms with Crippen molar-refractivity contribution in [2.24, 2.45) is 14.1 Å². The van der Waals surface area contributed by atoms with E-state index in [1.807, 2.05) is 0 Å². The first-order chi connectivity index (χ1) is 14.3. The first-order valence-electron chi connectivity index (χ1n) is 9.21. The maximum atomic E-state index is 14.9. The predicted octanol–water partition coefficient (Wildman–Crippen LogP) is 2.53. The Morgan fingerprint density at radius 3 is 2.33 bits per heavy atom. The molecule has 0 amide bonds. The average molecular weight is 407 g/mol. The van der Waals surface area contributed by atoms with E-state index >= 15 is 0 Å². The van der Waals surface area contributed by atoms with Crippen molar-refractivity contribution in [2.45, 2.75) is 5.92 Å². The van der Waals surface area contributed by atoms with Gasteiger partial charge in [-0.1, -0.05) is 30.3 Å². The predicted molar refractivity (Wildman–Crippen MR) is 106 cm³/mol. The zero-order valence-electron chi connectivity index (χ0n) is 16.0. The highest BCUT2D eigenvalue weighted by Crippen LogP contribution is 2.48. The fourth-order valence-electron chi connectivity index (χ4n) is 4.30. The number of rotatable bonds is 1. The molecular weight excluding hydrogens is 392 g/mol. The van der Waals surface area contributed by atoms with Crippen LogP contribution in [-0.4, -0.2) is 14.9 Å². The zero-order valence-corrected chi connectivity index (χ0v) is 16.0. The topological polar surface area (TPSA) is 73.1 Å². The van der Waals surface area contributed by atoms with Crippen LogP contribution in [0.25, 0.3) is 5.70 Å². The molecule has 1 atom stereocenters. The fraction of sp³-hybridized carbons (Fsp3) is 0.136. The molecule has 0 spiro atoms. The molecule has 1 unspecified atom stereocenters. The van der Waals surface area contributed by atoms with E-state index in [0.29, 0.717) is 16.8 Å². The van der Waals surface area contributed by atoms with Crippen molar-refractivity contribution in [1.82, 2.24) is 9.13 Å². The molecule has 30 heavy (non-hydrogen) atoms. The van der Waals surface area contributed by atoms with Crippen LogP contribution in [0.4, 0.5) is 14.6 Å². The molecule has 150 valence electrons. The Bertz CT molecular complexity index is 1430. The number of nitrogens with zero attached hydrogens (tertiary/aromatic N) is 2. The van der Waals surface area contributed by atoms with Gasteiger partial charge in [-0.3, -0.25) is 18.7 Å². The van der Waals surface area contributed by atoms with Gasteiger partial charge in [-0.2, -0.15) is 0 Å². The molecule has 0 saturated carbocycles. The van der Waals surface area contributed by atoms with Gasteiger partial charge < -0.3 is 5.32 Å². The minimum atomic E-state index is -1.10. The molecule has 1 aromatic heterocycles. The molecule has 8 heteroatoms. The van der Waals surface area contributed by atoms with E-state index in [2.05, 4.69) is 5.32 Å². The van der Waals surface area contributed by atoms with Crippen LogP contribution in [0.2, 0.25) is 0 Å². The second-order valence-corrected chi connectivity index (χ2v) is 7.36. The van der Waals surface area contributed by atoms with E-state index in [1.54, 1.807) is 24.3 Å². The lowest BCUT2D eigenvalue weighted by molar-refractivity contribution is 0.103. The summed E-state index contributed by atoms with van der Waals surface area (Å²) in [5.41, 5.74) is 0.468. The summed E-state index contributed by atoms with van der Waals surface area (Å²) in [6, 6.07) is 9.90. The second kappa shape index (κ2) is 6.09. The van der Waals surface area contributed by atoms with E-state index in [1.165, 1.54) is 24.7 Å². The lowest BCUT2D eigenvalue weighted by Crippen LogP contribution is -2.43. The van der Waals surface area contributed by atoms with Gasteiger partial charge in [-0.15, -0.1) is 0 Å². The van der Waals surface area contributed by atoms with E-state index in [0.717, 1.165) is 16.7 Å². The Hall–Kier alpha value is -3.81. The van der Waals surface area contributed by atoms with E-state index in [-0.39, 0.29) is 28.3 Å². The van der Waals surface area contributed by atoms with Crippen molar-refractivity contribution in [2.75, 3.05) is 5.32 Å². The van der Waals surface area contributed by atoms with Crippen molar-refractivity contribution in [3.8, 4) is 0 Å². The lowest BCUT2D eigenvalue weighted by Gasteiger charge is -2.29. The maximum absolute atomic E-state index is 14.9. The molecule has 1 N–H and O–H groups in total. The third-order valence-electron chi connectivity index (χ3n) is 5.75. The van der Waals surface area contributed by atoms with Crippen LogP contribution in [0.5, 0.6) is 0 Å². The van der Waals surface area contributed by atoms with Gasteiger partial charge in [0.05, 0.1) is 17.2 Å². The molecule has 0 radical (unpaired) electrons. The molecule has 1 aliphatic carbocycles. The van der Waals surface area contributed by atoms with Gasteiger partial charge in [0, 0.05) is 42.4 Å². The Morgan fingerprint density at radius 2 is 1.63 bits per heavy atom. The normalized spacial score (nSPS) is 16.8. The number of benzene rings is 2. The van der Waals surface area contributed by atoms with Crippen molar-refractivity contribution in [3.05, 3.63) is 103 Å². The third kappa shape index (κ3) is 2.24. The summed E-state index contributed by atoms with van der Waals surface area (Å²) in [7, 11) is 2.80. The highest BCUT2D eigenvalue weighted by Gasteiger charge is 2.43. The summed E-state index contributed by atoms with van der Waals surface area (Å²) in [4.78, 5) is 38.9. The smallest absolute Gasteiger partial charge is 0.332 e. The van der Waals surface area contributed by atoms with Crippen LogP contribution >= 0.6 is 0 Å². The van der Waals surface area contributed by atoms with E-state index in [4.69, 9.17) is 0 Å². The Balaban J connectivity index is 1.91. The Labute approximate surface area is 168 Å². The first-order valence-corrected chi connectivity index (χ1v) is 9.21. The van der Waals surface area contributed by atoms with Crippen LogP contribution in [-0.2, 0) is 14.1 Å². The Morgan fingerprint density at radius 1 is 0.933 bits per heavy atom. The van der Waals surface area contributed by atoms with Crippen molar-refractivity contribution in [3.63, 3.8) is 0 Å². The number of aromatic nitrogens is 2. The molecule has 2 aromatic carbocycles. The maximum Gasteiger partial charge on any atom is 0.332 e. The minimum Gasteiger partial charge on any atom is -0.340 e. The number of ketones is 1. The zero-order chi connectivity index (χ0) is 21.3. The highest BCUT2D eigenvalue weighted by atomic mass is 19.1. The summed E-state index contributed by atoms with van der Waals surface area (Å²) in [6.45, 7) is 0. The fourth-order valence-corrected chi connectivity index (χ4v) is 4.30. The number of Topliss-reactive ketones (excluding diaryl/α,β-unsaturated/α-hetero) is 1. The Kier molecular flexibility index (Phi) is 3.70. The van der Waals surface area contributed by atoms with Gasteiger partial charge in [-0.25, -0.2) is 13.6 Å². The largest absolute Gasteiger partial charge is 0.340 e. The van der Waals surface area contributed by atoms with Crippen molar-refractivity contribution in [1.29, 1.82) is 0 Å². The third-order valence-corrected chi connectivity index (χ3v) is 5.75. The molecule has 6 nitrogen and oxygen atoms in total. The number of nitrogens with one attached hydrogen (secondary N) is 1. The summed E-state index contributed by atoms with van der Waals surface area (Å²) in [6.07, 6.45) is 0. The summed E-state index contributed by atoms with van der Waals surface area (Å²) in [5, 5.41) is 3.07. The van der Waals surface area contributed by atoms with Crippen molar-refractivity contribution >= 4 is 17.3 Å². The summed E-state index contributed by atoms with van der Waals surface area (Å²) in [5.74, 6) is -2.90. The standard InChI is InChI=1S/C22H15F2N3O3/c1-26-20-17(21(29)27(2)22(26)30)15(13-8-7-10(23)9-14(13)24)16-18(25-20)11-5-3-4-6-12(11)19(16)28/h3-9,15,25H,1-2H3. The van der Waals surface area contributed by atoms with Crippen molar-refractivity contribution < 1.29 is 13.6 Å². The number of allylic oxidation sites excluding steroid dienone is 1. The minimum absolute atomic E-state index is 0.0106. The molecular formula is C22H15F2N3O3. The highest BCUT2D eigenvalue weighted by molar-refractivity contribution is 6.23. The number of carbonyl (C=O) groups is 1. The molecule has 3 aromatic rings. The molecule has 5 rings (SSSR count). The lowest BCUT2D eigenvalue weighted by atomic mass is 9.81. The summed E-state index contributed by atoms with van der Waals surface area (Å²) < 4.78 is 30.6. The number of hydrogen-bond donors (Lipinski definition) is 1. The van der Waals surface area contributed by atoms with Crippen LogP contribution in [0, 0.1) is 11.6 Å². The number of carbonyl (C=O) groups excluding carboxylic acids is 1. The monoisotopic (exact) mass is 407 g/mol. The molecule has 0 fully saturated rings. The molecule has 0 bridgehead atoms. The summed E-state index contributed by atoms with van der Waals surface area (Å²) >= 11 is 0.